The van der Waals surface area contributed by atoms with Crippen molar-refractivity contribution in [2.75, 3.05) is 11.9 Å². The molecular formula is C32H50N2O4S. The minimum absolute atomic E-state index is 0.274. The van der Waals surface area contributed by atoms with Crippen LogP contribution in [0.4, 0.5) is 5.13 Å². The maximum atomic E-state index is 12.9. The SMILES string of the molecule is CCCCCCCCCCCCCCCc1cccc(OC(CC)C(=O)Nc2nc(C)c(C(=O)OCC)s2)c1. The van der Waals surface area contributed by atoms with Crippen molar-refractivity contribution in [1.29, 1.82) is 0 Å². The van der Waals surface area contributed by atoms with Gasteiger partial charge < -0.3 is 9.47 Å². The molecule has 7 heteroatoms. The van der Waals surface area contributed by atoms with Crippen LogP contribution in [-0.4, -0.2) is 29.6 Å². The van der Waals surface area contributed by atoms with E-state index < -0.39 is 12.1 Å². The van der Waals surface area contributed by atoms with Crippen LogP contribution in [0.2, 0.25) is 0 Å². The number of aryl methyl sites for hydroxylation is 2. The summed E-state index contributed by atoms with van der Waals surface area (Å²) in [6.45, 7) is 7.97. The number of hydrogen-bond acceptors (Lipinski definition) is 6. The molecule has 1 atom stereocenters. The quantitative estimate of drug-likeness (QED) is 0.122. The Bertz CT molecular complexity index is 975. The summed E-state index contributed by atoms with van der Waals surface area (Å²) in [5, 5.41) is 3.18. The van der Waals surface area contributed by atoms with Crippen LogP contribution in [0.5, 0.6) is 5.75 Å². The molecule has 0 radical (unpaired) electrons. The first-order chi connectivity index (χ1) is 19.0. The van der Waals surface area contributed by atoms with Crippen LogP contribution in [0.1, 0.15) is 132 Å². The standard InChI is InChI=1S/C32H50N2O4S/c1-5-8-9-10-11-12-13-14-15-16-17-18-19-21-26-22-20-23-27(24-26)38-28(6-2)30(35)34-32-33-25(4)29(39-32)31(36)37-7-3/h20,22-24,28H,5-19,21H2,1-4H3,(H,33,34,35). The number of benzene rings is 1. The van der Waals surface area contributed by atoms with Crippen LogP contribution in [0.15, 0.2) is 24.3 Å². The largest absolute Gasteiger partial charge is 0.481 e. The highest BCUT2D eigenvalue weighted by Crippen LogP contribution is 2.25. The summed E-state index contributed by atoms with van der Waals surface area (Å²) in [5.74, 6) is 0.00637. The van der Waals surface area contributed by atoms with Crippen molar-refractivity contribution >= 4 is 28.3 Å². The number of anilines is 1. The number of unbranched alkanes of at least 4 members (excludes halogenated alkanes) is 12. The number of rotatable bonds is 21. The third-order valence-electron chi connectivity index (χ3n) is 6.90. The van der Waals surface area contributed by atoms with Gasteiger partial charge in [-0.05, 0) is 50.8 Å². The lowest BCUT2D eigenvalue weighted by Crippen LogP contribution is -2.32. The Morgan fingerprint density at radius 2 is 1.51 bits per heavy atom. The van der Waals surface area contributed by atoms with E-state index in [0.717, 1.165) is 17.8 Å². The summed E-state index contributed by atoms with van der Waals surface area (Å²) in [6, 6.07) is 8.06. The van der Waals surface area contributed by atoms with Crippen molar-refractivity contribution in [2.45, 2.75) is 130 Å². The second kappa shape index (κ2) is 19.6. The molecule has 1 N–H and O–H groups in total. The lowest BCUT2D eigenvalue weighted by Gasteiger charge is -2.17. The van der Waals surface area contributed by atoms with Crippen LogP contribution in [-0.2, 0) is 16.0 Å². The molecule has 218 valence electrons. The number of aromatic nitrogens is 1. The summed E-state index contributed by atoms with van der Waals surface area (Å²) >= 11 is 1.12. The fourth-order valence-electron chi connectivity index (χ4n) is 4.63. The van der Waals surface area contributed by atoms with Crippen LogP contribution in [0.3, 0.4) is 0 Å². The van der Waals surface area contributed by atoms with Gasteiger partial charge in [0.1, 0.15) is 10.6 Å². The molecular weight excluding hydrogens is 508 g/mol. The van der Waals surface area contributed by atoms with Crippen LogP contribution < -0.4 is 10.1 Å². The number of carbonyl (C=O) groups is 2. The van der Waals surface area contributed by atoms with E-state index in [-0.39, 0.29) is 5.91 Å². The summed E-state index contributed by atoms with van der Waals surface area (Å²) in [5.41, 5.74) is 1.78. The lowest BCUT2D eigenvalue weighted by atomic mass is 10.0. The molecule has 0 saturated carbocycles. The molecule has 2 aromatic rings. The Labute approximate surface area is 240 Å². The second-order valence-electron chi connectivity index (χ2n) is 10.3. The highest BCUT2D eigenvalue weighted by Gasteiger charge is 2.22. The maximum absolute atomic E-state index is 12.9. The number of nitrogens with one attached hydrogen (secondary N) is 1. The fraction of sp³-hybridized carbons (Fsp3) is 0.656. The topological polar surface area (TPSA) is 77.5 Å². The molecule has 0 aliphatic carbocycles. The van der Waals surface area contributed by atoms with Gasteiger partial charge in [-0.25, -0.2) is 9.78 Å². The molecule has 1 heterocycles. The smallest absolute Gasteiger partial charge is 0.350 e. The first-order valence-electron chi connectivity index (χ1n) is 15.2. The molecule has 0 aliphatic rings. The maximum Gasteiger partial charge on any atom is 0.350 e. The Morgan fingerprint density at radius 1 is 0.897 bits per heavy atom. The van der Waals surface area contributed by atoms with Crippen molar-refractivity contribution in [3.63, 3.8) is 0 Å². The van der Waals surface area contributed by atoms with Crippen LogP contribution in [0, 0.1) is 6.92 Å². The van der Waals surface area contributed by atoms with Gasteiger partial charge in [-0.1, -0.05) is 114 Å². The number of nitrogens with zero attached hydrogens (tertiary/aromatic N) is 1. The van der Waals surface area contributed by atoms with Crippen LogP contribution >= 0.6 is 11.3 Å². The van der Waals surface area contributed by atoms with Gasteiger partial charge in [0.2, 0.25) is 0 Å². The third kappa shape index (κ3) is 13.0. The predicted octanol–water partition coefficient (Wildman–Crippen LogP) is 9.06. The Kier molecular flexibility index (Phi) is 16.5. The molecule has 0 fully saturated rings. The molecule has 0 bridgehead atoms. The summed E-state index contributed by atoms with van der Waals surface area (Å²) < 4.78 is 11.1. The second-order valence-corrected chi connectivity index (χ2v) is 11.3. The van der Waals surface area contributed by atoms with Crippen molar-refractivity contribution < 1.29 is 19.1 Å². The van der Waals surface area contributed by atoms with E-state index in [4.69, 9.17) is 9.47 Å². The number of ether oxygens (including phenoxy) is 2. The highest BCUT2D eigenvalue weighted by molar-refractivity contribution is 7.17. The minimum atomic E-state index is -0.646. The van der Waals surface area contributed by atoms with Crippen molar-refractivity contribution in [2.24, 2.45) is 0 Å². The van der Waals surface area contributed by atoms with E-state index in [1.54, 1.807) is 13.8 Å². The summed E-state index contributed by atoms with van der Waals surface area (Å²) in [7, 11) is 0. The molecule has 2 rings (SSSR count). The molecule has 1 amide bonds. The Balaban J connectivity index is 1.68. The fourth-order valence-corrected chi connectivity index (χ4v) is 5.49. The predicted molar refractivity (Wildman–Crippen MR) is 162 cm³/mol. The number of carbonyl (C=O) groups excluding carboxylic acids is 2. The Morgan fingerprint density at radius 3 is 2.10 bits per heavy atom. The van der Waals surface area contributed by atoms with Crippen LogP contribution in [0.25, 0.3) is 0 Å². The zero-order valence-corrected chi connectivity index (χ0v) is 25.5. The van der Waals surface area contributed by atoms with E-state index in [2.05, 4.69) is 23.3 Å². The molecule has 0 aliphatic heterocycles. The van der Waals surface area contributed by atoms with Crippen molar-refractivity contribution in [3.8, 4) is 5.75 Å². The van der Waals surface area contributed by atoms with E-state index in [1.165, 1.54) is 89.0 Å². The van der Waals surface area contributed by atoms with E-state index >= 15 is 0 Å². The zero-order chi connectivity index (χ0) is 28.3. The first kappa shape index (κ1) is 32.8. The number of esters is 1. The zero-order valence-electron chi connectivity index (χ0n) is 24.7. The molecule has 1 aromatic carbocycles. The molecule has 6 nitrogen and oxygen atoms in total. The average molecular weight is 559 g/mol. The van der Waals surface area contributed by atoms with Gasteiger partial charge in [0, 0.05) is 0 Å². The molecule has 1 unspecified atom stereocenters. The number of hydrogen-bond donors (Lipinski definition) is 1. The summed E-state index contributed by atoms with van der Waals surface area (Å²) in [4.78, 5) is 29.6. The molecule has 1 aromatic heterocycles. The van der Waals surface area contributed by atoms with Gasteiger partial charge in [0.25, 0.3) is 5.91 Å². The Hall–Kier alpha value is -2.41. The van der Waals surface area contributed by atoms with E-state index in [0.29, 0.717) is 34.5 Å². The lowest BCUT2D eigenvalue weighted by molar-refractivity contribution is -0.122. The van der Waals surface area contributed by atoms with Crippen molar-refractivity contribution in [3.05, 3.63) is 40.4 Å². The molecule has 0 saturated heterocycles. The van der Waals surface area contributed by atoms with Gasteiger partial charge in [0.15, 0.2) is 11.2 Å². The monoisotopic (exact) mass is 558 g/mol. The van der Waals surface area contributed by atoms with Crippen molar-refractivity contribution in [1.82, 2.24) is 4.98 Å². The van der Waals surface area contributed by atoms with Gasteiger partial charge in [-0.3, -0.25) is 10.1 Å². The van der Waals surface area contributed by atoms with E-state index in [1.807, 2.05) is 25.1 Å². The van der Waals surface area contributed by atoms with Gasteiger partial charge >= 0.3 is 5.97 Å². The minimum Gasteiger partial charge on any atom is -0.481 e. The number of amides is 1. The normalized spacial score (nSPS) is 11.8. The number of thiazole rings is 1. The van der Waals surface area contributed by atoms with E-state index in [9.17, 15) is 9.59 Å². The van der Waals surface area contributed by atoms with Gasteiger partial charge in [-0.15, -0.1) is 0 Å². The highest BCUT2D eigenvalue weighted by atomic mass is 32.1. The van der Waals surface area contributed by atoms with Gasteiger partial charge in [0.05, 0.1) is 12.3 Å². The molecule has 0 spiro atoms. The average Bonchev–Trinajstić information content (AvgIpc) is 3.30. The first-order valence-corrected chi connectivity index (χ1v) is 16.0. The third-order valence-corrected chi connectivity index (χ3v) is 7.95. The van der Waals surface area contributed by atoms with Gasteiger partial charge in [-0.2, -0.15) is 0 Å². The molecule has 39 heavy (non-hydrogen) atoms. The summed E-state index contributed by atoms with van der Waals surface area (Å²) in [6.07, 6.45) is 18.5.